The number of esters is 2. The van der Waals surface area contributed by atoms with Gasteiger partial charge < -0.3 is 19.7 Å². The maximum atomic E-state index is 12.0. The summed E-state index contributed by atoms with van der Waals surface area (Å²) >= 11 is 8.34. The van der Waals surface area contributed by atoms with Crippen molar-refractivity contribution in [2.24, 2.45) is 0 Å². The first-order valence-electron chi connectivity index (χ1n) is 13.1. The molecule has 13 heteroatoms. The van der Waals surface area contributed by atoms with Crippen molar-refractivity contribution in [1.29, 1.82) is 0 Å². The predicted molar refractivity (Wildman–Crippen MR) is 180 cm³/mol. The molecule has 0 spiro atoms. The summed E-state index contributed by atoms with van der Waals surface area (Å²) in [6.07, 6.45) is 2.69. The van der Waals surface area contributed by atoms with Crippen molar-refractivity contribution in [3.05, 3.63) is 85.0 Å². The minimum Gasteiger partial charge on any atom is -0.478 e. The van der Waals surface area contributed by atoms with Crippen LogP contribution in [0.4, 0.5) is 0 Å². The lowest BCUT2D eigenvalue weighted by Crippen LogP contribution is -2.23. The number of carbonyl (C=O) groups is 4. The summed E-state index contributed by atoms with van der Waals surface area (Å²) in [6, 6.07) is 19.6. The van der Waals surface area contributed by atoms with Crippen LogP contribution in [-0.4, -0.2) is 92.3 Å². The third kappa shape index (κ3) is 19.4. The summed E-state index contributed by atoms with van der Waals surface area (Å²) in [7, 11) is 0. The summed E-state index contributed by atoms with van der Waals surface area (Å²) in [5.74, 6) is 2.16. The van der Waals surface area contributed by atoms with Gasteiger partial charge >= 0.3 is 23.9 Å². The van der Waals surface area contributed by atoms with E-state index in [4.69, 9.17) is 19.7 Å². The molecule has 2 N–H and O–H groups in total. The first-order chi connectivity index (χ1) is 20.8. The van der Waals surface area contributed by atoms with E-state index in [1.165, 1.54) is 0 Å². The monoisotopic (exact) mass is 682 g/mol. The second kappa shape index (κ2) is 23.0. The molecular weight excluding hydrogens is 649 g/mol. The summed E-state index contributed by atoms with van der Waals surface area (Å²) in [6.45, 7) is 0. The molecule has 0 heterocycles. The van der Waals surface area contributed by atoms with Gasteiger partial charge in [-0.15, -0.1) is 23.5 Å². The first kappa shape index (κ1) is 36.7. The van der Waals surface area contributed by atoms with Gasteiger partial charge in [0.2, 0.25) is 0 Å². The van der Waals surface area contributed by atoms with Gasteiger partial charge in [0.05, 0.1) is 0 Å². The topological polar surface area (TPSA) is 127 Å². The third-order valence-electron chi connectivity index (χ3n) is 5.00. The fourth-order valence-corrected chi connectivity index (χ4v) is 8.54. The fraction of sp³-hybridized carbons (Fsp3) is 0.333. The fourth-order valence-electron chi connectivity index (χ4n) is 3.10. The Labute approximate surface area is 273 Å². The van der Waals surface area contributed by atoms with Crippen molar-refractivity contribution < 1.29 is 38.9 Å². The largest absolute Gasteiger partial charge is 0.478 e. The van der Waals surface area contributed by atoms with E-state index >= 15 is 0 Å². The predicted octanol–water partition coefficient (Wildman–Crippen LogP) is 5.88. The number of hydrogen-bond acceptors (Lipinski definition) is 11. The highest BCUT2D eigenvalue weighted by Crippen LogP contribution is 2.23. The number of aliphatic carboxylic acids is 2. The lowest BCUT2D eigenvalue weighted by Gasteiger charge is -2.17. The molecule has 43 heavy (non-hydrogen) atoms. The van der Waals surface area contributed by atoms with Crippen molar-refractivity contribution in [1.82, 2.24) is 0 Å². The number of hydrogen-bond donors (Lipinski definition) is 2. The lowest BCUT2D eigenvalue weighted by atomic mass is 10.4. The van der Waals surface area contributed by atoms with Gasteiger partial charge in [0.15, 0.2) is 0 Å². The average molecular weight is 683 g/mol. The van der Waals surface area contributed by atoms with Gasteiger partial charge in [0.1, 0.15) is 12.2 Å². The van der Waals surface area contributed by atoms with Crippen LogP contribution in [0.5, 0.6) is 0 Å². The minimum atomic E-state index is -1.20. The number of rotatable bonds is 22. The maximum Gasteiger partial charge on any atom is 0.331 e. The van der Waals surface area contributed by atoms with Crippen LogP contribution in [0.2, 0.25) is 0 Å². The summed E-state index contributed by atoms with van der Waals surface area (Å²) in [5, 5.41) is 17.5. The number of thioether (sulfide) groups is 5. The van der Waals surface area contributed by atoms with Crippen LogP contribution in [0.1, 0.15) is 0 Å². The van der Waals surface area contributed by atoms with Crippen molar-refractivity contribution in [2.75, 3.05) is 46.0 Å². The van der Waals surface area contributed by atoms with Crippen molar-refractivity contribution in [3.8, 4) is 0 Å². The second-order valence-corrected chi connectivity index (χ2v) is 14.2. The Morgan fingerprint density at radius 2 is 0.930 bits per heavy atom. The zero-order valence-corrected chi connectivity index (χ0v) is 27.4. The molecule has 0 aliphatic carbocycles. The van der Waals surface area contributed by atoms with E-state index in [0.717, 1.165) is 57.1 Å². The van der Waals surface area contributed by atoms with Gasteiger partial charge in [-0.1, -0.05) is 36.4 Å². The van der Waals surface area contributed by atoms with Crippen LogP contribution in [0.15, 0.2) is 94.8 Å². The number of carboxylic acid groups (broad SMARTS) is 2. The number of carboxylic acids is 2. The molecule has 2 aromatic carbocycles. The molecule has 2 rings (SSSR count). The Morgan fingerprint density at radius 1 is 0.558 bits per heavy atom. The maximum absolute atomic E-state index is 12.0. The van der Waals surface area contributed by atoms with E-state index in [2.05, 4.69) is 0 Å². The van der Waals surface area contributed by atoms with Crippen LogP contribution in [0, 0.1) is 0 Å². The molecule has 0 saturated heterocycles. The number of benzene rings is 2. The Hall–Kier alpha value is -2.45. The Bertz CT molecular complexity index is 1090. The van der Waals surface area contributed by atoms with Crippen molar-refractivity contribution >= 4 is 82.7 Å². The van der Waals surface area contributed by atoms with Gasteiger partial charge in [-0.3, -0.25) is 0 Å². The second-order valence-electron chi connectivity index (χ2n) is 8.47. The molecular formula is C30H34O8S5. The average Bonchev–Trinajstić information content (AvgIpc) is 3.00. The third-order valence-corrected chi connectivity index (χ3v) is 11.0. The van der Waals surface area contributed by atoms with Gasteiger partial charge in [0.25, 0.3) is 0 Å². The van der Waals surface area contributed by atoms with E-state index < -0.39 is 23.9 Å². The molecule has 2 atom stereocenters. The van der Waals surface area contributed by atoms with Crippen LogP contribution in [0.25, 0.3) is 0 Å². The molecule has 0 radical (unpaired) electrons. The SMILES string of the molecule is O=C(O)/C=C\C(=O)OC(CSCCSCCSCC(CSc1ccccc1)OC(=O)/C=C\C(=O)O)CSc1ccccc1. The molecule has 2 aromatic rings. The van der Waals surface area contributed by atoms with Crippen molar-refractivity contribution in [3.63, 3.8) is 0 Å². The van der Waals surface area contributed by atoms with Gasteiger partial charge in [-0.2, -0.15) is 35.3 Å². The van der Waals surface area contributed by atoms with Crippen LogP contribution in [0.3, 0.4) is 0 Å². The van der Waals surface area contributed by atoms with E-state index in [-0.39, 0.29) is 12.2 Å². The normalized spacial score (nSPS) is 12.7. The summed E-state index contributed by atoms with van der Waals surface area (Å²) in [5.41, 5.74) is 0. The number of carbonyl (C=O) groups excluding carboxylic acids is 2. The highest BCUT2D eigenvalue weighted by Gasteiger charge is 2.16. The van der Waals surface area contributed by atoms with Gasteiger partial charge in [-0.25, -0.2) is 19.2 Å². The molecule has 2 unspecified atom stereocenters. The standard InChI is InChI=1S/C30H34O8S5/c31-27(32)11-13-29(35)37-23(21-42-25-7-3-1-4-8-25)19-40-17-15-39-16-18-41-20-24(38-30(36)14-12-28(33)34)22-43-26-9-5-2-6-10-26/h1-14,23-24H,15-22H2,(H,31,32)(H,33,34)/b13-11-,14-12-. The Balaban J connectivity index is 1.69. The molecule has 232 valence electrons. The van der Waals surface area contributed by atoms with Gasteiger partial charge in [0, 0.05) is 80.1 Å². The molecule has 0 aliphatic heterocycles. The van der Waals surface area contributed by atoms with Crippen LogP contribution < -0.4 is 0 Å². The zero-order valence-electron chi connectivity index (χ0n) is 23.3. The Kier molecular flexibility index (Phi) is 19.7. The molecule has 0 bridgehead atoms. The zero-order chi connectivity index (χ0) is 31.1. The molecule has 0 fully saturated rings. The van der Waals surface area contributed by atoms with E-state index in [0.29, 0.717) is 23.0 Å². The van der Waals surface area contributed by atoms with Gasteiger partial charge in [-0.05, 0) is 24.3 Å². The van der Waals surface area contributed by atoms with E-state index in [9.17, 15) is 19.2 Å². The summed E-state index contributed by atoms with van der Waals surface area (Å²) in [4.78, 5) is 47.6. The molecule has 0 saturated carbocycles. The first-order valence-corrected chi connectivity index (χ1v) is 18.6. The quantitative estimate of drug-likeness (QED) is 0.0665. The molecule has 0 aromatic heterocycles. The smallest absolute Gasteiger partial charge is 0.331 e. The van der Waals surface area contributed by atoms with Crippen molar-refractivity contribution in [2.45, 2.75) is 22.0 Å². The highest BCUT2D eigenvalue weighted by atomic mass is 32.2. The summed E-state index contributed by atoms with van der Waals surface area (Å²) < 4.78 is 11.0. The Morgan fingerprint density at radius 3 is 1.30 bits per heavy atom. The van der Waals surface area contributed by atoms with E-state index in [1.807, 2.05) is 72.4 Å². The van der Waals surface area contributed by atoms with Crippen LogP contribution in [-0.2, 0) is 28.7 Å². The molecule has 8 nitrogen and oxygen atoms in total. The lowest BCUT2D eigenvalue weighted by molar-refractivity contribution is -0.142. The van der Waals surface area contributed by atoms with E-state index in [1.54, 1.807) is 47.0 Å². The minimum absolute atomic E-state index is 0.361. The highest BCUT2D eigenvalue weighted by molar-refractivity contribution is 8.04. The molecule has 0 amide bonds. The van der Waals surface area contributed by atoms with Crippen LogP contribution >= 0.6 is 58.8 Å². The molecule has 0 aliphatic rings. The number of ether oxygens (including phenoxy) is 2.